The summed E-state index contributed by atoms with van der Waals surface area (Å²) in [7, 11) is 5.91. The molecule has 7 heteroatoms. The standard InChI is InChI=1S/C31H37N7/c1-20-6-7-23(15-28(20)34-4)29-27-14-24(25(16-32)17-33-3)18-35-31(27)36-30(29)22-8-10-26(11-9-22)38-13-12-37(5)21(2)19-38/h6-11,14-18,21,34H,12-13,19,32H2,1-5H3,(H,35,36)/b25-16+,33-17?. The van der Waals surface area contributed by atoms with Crippen LogP contribution in [0.1, 0.15) is 18.1 Å². The number of anilines is 2. The largest absolute Gasteiger partial charge is 0.404 e. The van der Waals surface area contributed by atoms with E-state index in [1.54, 1.807) is 19.5 Å². The number of allylic oxidation sites excluding steroid dienone is 1. The zero-order valence-corrected chi connectivity index (χ0v) is 22.9. The van der Waals surface area contributed by atoms with Crippen molar-refractivity contribution in [2.24, 2.45) is 10.7 Å². The average Bonchev–Trinajstić information content (AvgIpc) is 3.32. The fourth-order valence-corrected chi connectivity index (χ4v) is 5.27. The van der Waals surface area contributed by atoms with Gasteiger partial charge in [-0.25, -0.2) is 4.98 Å². The topological polar surface area (TPSA) is 85.6 Å². The average molecular weight is 508 g/mol. The summed E-state index contributed by atoms with van der Waals surface area (Å²) in [5.74, 6) is 0. The maximum absolute atomic E-state index is 5.92. The summed E-state index contributed by atoms with van der Waals surface area (Å²) in [5.41, 5.74) is 16.5. The number of aliphatic imine (C=N–C) groups is 1. The molecule has 1 atom stereocenters. The van der Waals surface area contributed by atoms with E-state index in [0.29, 0.717) is 6.04 Å². The van der Waals surface area contributed by atoms with Gasteiger partial charge in [0, 0.05) is 91.8 Å². The van der Waals surface area contributed by atoms with Crippen molar-refractivity contribution >= 4 is 34.2 Å². The van der Waals surface area contributed by atoms with Crippen LogP contribution in [0, 0.1) is 6.92 Å². The molecular formula is C31H37N7. The monoisotopic (exact) mass is 507 g/mol. The van der Waals surface area contributed by atoms with Crippen LogP contribution in [0.3, 0.4) is 0 Å². The predicted molar refractivity (Wildman–Crippen MR) is 162 cm³/mol. The highest BCUT2D eigenvalue weighted by atomic mass is 15.3. The molecule has 1 aliphatic heterocycles. The quantitative estimate of drug-likeness (QED) is 0.305. The van der Waals surface area contributed by atoms with Gasteiger partial charge < -0.3 is 25.8 Å². The van der Waals surface area contributed by atoms with Crippen LogP contribution in [0.15, 0.2) is 65.9 Å². The lowest BCUT2D eigenvalue weighted by Gasteiger charge is -2.39. The third-order valence-electron chi connectivity index (χ3n) is 7.71. The lowest BCUT2D eigenvalue weighted by atomic mass is 9.96. The van der Waals surface area contributed by atoms with Gasteiger partial charge >= 0.3 is 0 Å². The second-order valence-corrected chi connectivity index (χ2v) is 10.1. The molecule has 1 fully saturated rings. The molecule has 4 aromatic rings. The number of likely N-dealkylation sites (N-methyl/N-ethyl adjacent to an activating group) is 1. The molecule has 1 unspecified atom stereocenters. The van der Waals surface area contributed by atoms with E-state index >= 15 is 0 Å². The van der Waals surface area contributed by atoms with Gasteiger partial charge in [-0.15, -0.1) is 0 Å². The van der Waals surface area contributed by atoms with Crippen LogP contribution in [0.4, 0.5) is 11.4 Å². The number of aromatic nitrogens is 2. The molecule has 2 aromatic carbocycles. The number of hydrogen-bond acceptors (Lipinski definition) is 6. The van der Waals surface area contributed by atoms with Gasteiger partial charge in [0.25, 0.3) is 0 Å². The predicted octanol–water partition coefficient (Wildman–Crippen LogP) is 5.39. The number of nitrogens with one attached hydrogen (secondary N) is 2. The lowest BCUT2D eigenvalue weighted by Crippen LogP contribution is -2.50. The van der Waals surface area contributed by atoms with Gasteiger partial charge in [0.1, 0.15) is 5.65 Å². The fraction of sp³-hybridized carbons (Fsp3) is 0.290. The van der Waals surface area contributed by atoms with E-state index in [1.807, 2.05) is 13.2 Å². The number of hydrogen-bond donors (Lipinski definition) is 3. The Morgan fingerprint density at radius 3 is 2.58 bits per heavy atom. The Labute approximate surface area is 225 Å². The first kappa shape index (κ1) is 25.5. The van der Waals surface area contributed by atoms with Crippen LogP contribution < -0.4 is 16.0 Å². The molecule has 4 N–H and O–H groups in total. The molecule has 0 saturated carbocycles. The van der Waals surface area contributed by atoms with Crippen LogP contribution in [0.5, 0.6) is 0 Å². The normalized spacial score (nSPS) is 17.0. The number of piperazine rings is 1. The highest BCUT2D eigenvalue weighted by molar-refractivity contribution is 6.11. The van der Waals surface area contributed by atoms with Crippen molar-refractivity contribution in [3.8, 4) is 22.4 Å². The maximum Gasteiger partial charge on any atom is 0.138 e. The summed E-state index contributed by atoms with van der Waals surface area (Å²) in [4.78, 5) is 17.5. The maximum atomic E-state index is 5.92. The van der Waals surface area contributed by atoms with E-state index in [1.165, 1.54) is 11.3 Å². The van der Waals surface area contributed by atoms with Crippen LogP contribution in [-0.2, 0) is 0 Å². The van der Waals surface area contributed by atoms with Crippen molar-refractivity contribution in [2.45, 2.75) is 19.9 Å². The molecule has 0 radical (unpaired) electrons. The van der Waals surface area contributed by atoms with E-state index in [0.717, 1.165) is 69.9 Å². The Kier molecular flexibility index (Phi) is 7.20. The third kappa shape index (κ3) is 4.77. The molecule has 0 spiro atoms. The Hall–Kier alpha value is -4.10. The number of H-pyrrole nitrogens is 1. The first-order chi connectivity index (χ1) is 18.4. The van der Waals surface area contributed by atoms with Crippen LogP contribution in [-0.4, -0.2) is 67.9 Å². The third-order valence-corrected chi connectivity index (χ3v) is 7.71. The number of nitrogens with zero attached hydrogens (tertiary/aromatic N) is 4. The van der Waals surface area contributed by atoms with Gasteiger partial charge in [0.2, 0.25) is 0 Å². The second kappa shape index (κ2) is 10.7. The van der Waals surface area contributed by atoms with Gasteiger partial charge in [-0.1, -0.05) is 24.3 Å². The molecule has 2 aromatic heterocycles. The number of aromatic amines is 1. The zero-order chi connectivity index (χ0) is 26.8. The minimum Gasteiger partial charge on any atom is -0.404 e. The molecule has 1 saturated heterocycles. The summed E-state index contributed by atoms with van der Waals surface area (Å²) >= 11 is 0. The van der Waals surface area contributed by atoms with Crippen molar-refractivity contribution < 1.29 is 0 Å². The van der Waals surface area contributed by atoms with Crippen LogP contribution in [0.25, 0.3) is 39.0 Å². The van der Waals surface area contributed by atoms with E-state index in [2.05, 4.69) is 94.5 Å². The number of benzene rings is 2. The van der Waals surface area contributed by atoms with Crippen molar-refractivity contribution in [3.05, 3.63) is 72.1 Å². The van der Waals surface area contributed by atoms with E-state index in [9.17, 15) is 0 Å². The van der Waals surface area contributed by atoms with Crippen molar-refractivity contribution in [1.82, 2.24) is 14.9 Å². The number of rotatable bonds is 6. The SMILES string of the molecule is CN=C/C(=C\N)c1cnc2[nH]c(-c3ccc(N4CCN(C)C(C)C4)cc3)c(-c3ccc(C)c(NC)c3)c2c1. The van der Waals surface area contributed by atoms with Gasteiger partial charge in [0.15, 0.2) is 0 Å². The Balaban J connectivity index is 1.64. The van der Waals surface area contributed by atoms with E-state index in [-0.39, 0.29) is 0 Å². The highest BCUT2D eigenvalue weighted by Crippen LogP contribution is 2.40. The molecule has 5 rings (SSSR count). The highest BCUT2D eigenvalue weighted by Gasteiger charge is 2.22. The minimum atomic E-state index is 0.539. The molecule has 7 nitrogen and oxygen atoms in total. The first-order valence-electron chi connectivity index (χ1n) is 13.1. The Bertz CT molecular complexity index is 1500. The molecule has 38 heavy (non-hydrogen) atoms. The minimum absolute atomic E-state index is 0.539. The fourth-order valence-electron chi connectivity index (χ4n) is 5.27. The smallest absolute Gasteiger partial charge is 0.138 e. The summed E-state index contributed by atoms with van der Waals surface area (Å²) in [6.45, 7) is 7.56. The molecular weight excluding hydrogens is 470 g/mol. The number of nitrogens with two attached hydrogens (primary N) is 1. The van der Waals surface area contributed by atoms with Gasteiger partial charge in [-0.05, 0) is 61.9 Å². The Morgan fingerprint density at radius 2 is 1.89 bits per heavy atom. The van der Waals surface area contributed by atoms with Crippen molar-refractivity contribution in [2.75, 3.05) is 51.0 Å². The van der Waals surface area contributed by atoms with Gasteiger partial charge in [-0.2, -0.15) is 0 Å². The molecule has 0 amide bonds. The number of aryl methyl sites for hydroxylation is 1. The summed E-state index contributed by atoms with van der Waals surface area (Å²) in [6, 6.07) is 18.2. The lowest BCUT2D eigenvalue weighted by molar-refractivity contribution is 0.234. The first-order valence-corrected chi connectivity index (χ1v) is 13.1. The summed E-state index contributed by atoms with van der Waals surface area (Å²) < 4.78 is 0. The Morgan fingerprint density at radius 1 is 1.13 bits per heavy atom. The van der Waals surface area contributed by atoms with Crippen LogP contribution in [0.2, 0.25) is 0 Å². The second-order valence-electron chi connectivity index (χ2n) is 10.1. The van der Waals surface area contributed by atoms with Crippen molar-refractivity contribution in [1.29, 1.82) is 0 Å². The summed E-state index contributed by atoms with van der Waals surface area (Å²) in [5, 5.41) is 4.38. The molecule has 3 heterocycles. The molecule has 0 bridgehead atoms. The molecule has 0 aliphatic carbocycles. The number of pyridine rings is 1. The van der Waals surface area contributed by atoms with Crippen LogP contribution >= 0.6 is 0 Å². The molecule has 1 aliphatic rings. The van der Waals surface area contributed by atoms with E-state index < -0.39 is 0 Å². The van der Waals surface area contributed by atoms with Crippen molar-refractivity contribution in [3.63, 3.8) is 0 Å². The van der Waals surface area contributed by atoms with Gasteiger partial charge in [0.05, 0.1) is 5.69 Å². The zero-order valence-electron chi connectivity index (χ0n) is 22.9. The molecule has 196 valence electrons. The number of fused-ring (bicyclic) bond motifs is 1. The van der Waals surface area contributed by atoms with E-state index in [4.69, 9.17) is 10.7 Å². The van der Waals surface area contributed by atoms with Gasteiger partial charge in [-0.3, -0.25) is 4.99 Å². The summed E-state index contributed by atoms with van der Waals surface area (Å²) in [6.07, 6.45) is 5.18.